The van der Waals surface area contributed by atoms with E-state index >= 15 is 0 Å². The third kappa shape index (κ3) is 5.79. The number of hydrogen-bond acceptors (Lipinski definition) is 7. The largest absolute Gasteiger partial charge is 0.489 e. The lowest BCUT2D eigenvalue weighted by molar-refractivity contribution is -0.118. The molecule has 2 aromatic carbocycles. The first kappa shape index (κ1) is 20.3. The summed E-state index contributed by atoms with van der Waals surface area (Å²) in [4.78, 5) is 28.2. The molecular formula is C21H20N2O5S. The van der Waals surface area contributed by atoms with Crippen molar-refractivity contribution in [3.05, 3.63) is 70.7 Å². The molecule has 0 saturated heterocycles. The molecule has 29 heavy (non-hydrogen) atoms. The first-order chi connectivity index (χ1) is 14.0. The number of esters is 1. The summed E-state index contributed by atoms with van der Waals surface area (Å²) in [5, 5.41) is 2.93. The first-order valence-corrected chi connectivity index (χ1v) is 9.62. The molecule has 0 saturated carbocycles. The Morgan fingerprint density at radius 2 is 1.66 bits per heavy atom. The molecule has 1 amide bonds. The van der Waals surface area contributed by atoms with Crippen molar-refractivity contribution in [1.29, 1.82) is 0 Å². The van der Waals surface area contributed by atoms with Gasteiger partial charge in [0.05, 0.1) is 12.8 Å². The summed E-state index contributed by atoms with van der Waals surface area (Å²) in [5.41, 5.74) is 1.58. The summed E-state index contributed by atoms with van der Waals surface area (Å²) in [6.45, 7) is 1.97. The van der Waals surface area contributed by atoms with Gasteiger partial charge in [-0.2, -0.15) is 0 Å². The van der Waals surface area contributed by atoms with Crippen LogP contribution >= 0.6 is 11.3 Å². The van der Waals surface area contributed by atoms with Crippen molar-refractivity contribution in [2.75, 3.05) is 19.0 Å². The first-order valence-electron chi connectivity index (χ1n) is 8.80. The molecule has 0 aliphatic carbocycles. The van der Waals surface area contributed by atoms with Crippen LogP contribution in [0.2, 0.25) is 0 Å². The van der Waals surface area contributed by atoms with E-state index in [1.165, 1.54) is 7.11 Å². The normalized spacial score (nSPS) is 10.3. The lowest BCUT2D eigenvalue weighted by atomic mass is 10.2. The Labute approximate surface area is 172 Å². The smallest absolute Gasteiger partial charge is 0.350 e. The topological polar surface area (TPSA) is 86.8 Å². The van der Waals surface area contributed by atoms with Crippen LogP contribution in [0.15, 0.2) is 54.6 Å². The second kappa shape index (κ2) is 9.70. The van der Waals surface area contributed by atoms with Crippen LogP contribution in [-0.4, -0.2) is 30.6 Å². The van der Waals surface area contributed by atoms with Gasteiger partial charge in [0.15, 0.2) is 11.7 Å². The van der Waals surface area contributed by atoms with E-state index in [1.807, 2.05) is 30.3 Å². The lowest BCUT2D eigenvalue weighted by Crippen LogP contribution is -2.20. The molecule has 1 aromatic heterocycles. The zero-order chi connectivity index (χ0) is 20.6. The van der Waals surface area contributed by atoms with E-state index in [1.54, 1.807) is 31.2 Å². The average molecular weight is 412 g/mol. The fourth-order valence-corrected chi connectivity index (χ4v) is 3.31. The van der Waals surface area contributed by atoms with Gasteiger partial charge in [-0.05, 0) is 36.8 Å². The standard InChI is InChI=1S/C21H20N2O5S/c1-14-19(20(25)26-2)29-21(22-14)23-18(24)13-28-17-10-8-16(9-11-17)27-12-15-6-4-3-5-7-15/h3-11H,12-13H2,1-2H3,(H,22,23,24). The minimum atomic E-state index is -0.480. The number of ether oxygens (including phenoxy) is 3. The number of nitrogens with one attached hydrogen (secondary N) is 1. The molecule has 0 unspecified atom stereocenters. The van der Waals surface area contributed by atoms with E-state index in [-0.39, 0.29) is 12.5 Å². The van der Waals surface area contributed by atoms with Gasteiger partial charge in [-0.15, -0.1) is 0 Å². The predicted molar refractivity (Wildman–Crippen MR) is 110 cm³/mol. The predicted octanol–water partition coefficient (Wildman–Crippen LogP) is 3.83. The molecule has 1 heterocycles. The van der Waals surface area contributed by atoms with Crippen molar-refractivity contribution in [2.24, 2.45) is 0 Å². The fraction of sp³-hybridized carbons (Fsp3) is 0.190. The molecule has 0 aliphatic heterocycles. The molecule has 3 aromatic rings. The van der Waals surface area contributed by atoms with Crippen LogP contribution in [0.25, 0.3) is 0 Å². The maximum Gasteiger partial charge on any atom is 0.350 e. The number of methoxy groups -OCH3 is 1. The number of carbonyl (C=O) groups is 2. The van der Waals surface area contributed by atoms with Gasteiger partial charge in [0.25, 0.3) is 5.91 Å². The number of thiazole rings is 1. The number of carbonyl (C=O) groups excluding carboxylic acids is 2. The molecule has 0 spiro atoms. The van der Waals surface area contributed by atoms with E-state index < -0.39 is 5.97 Å². The maximum absolute atomic E-state index is 12.1. The number of anilines is 1. The van der Waals surface area contributed by atoms with Gasteiger partial charge in [-0.25, -0.2) is 9.78 Å². The van der Waals surface area contributed by atoms with Crippen molar-refractivity contribution in [3.63, 3.8) is 0 Å². The monoisotopic (exact) mass is 412 g/mol. The second-order valence-electron chi connectivity index (χ2n) is 6.01. The second-order valence-corrected chi connectivity index (χ2v) is 7.01. The van der Waals surface area contributed by atoms with E-state index in [2.05, 4.69) is 15.0 Å². The van der Waals surface area contributed by atoms with Crippen molar-refractivity contribution in [2.45, 2.75) is 13.5 Å². The number of rotatable bonds is 8. The van der Waals surface area contributed by atoms with Crippen LogP contribution in [0.4, 0.5) is 5.13 Å². The molecule has 3 rings (SSSR count). The Hall–Kier alpha value is -3.39. The fourth-order valence-electron chi connectivity index (χ4n) is 2.41. The van der Waals surface area contributed by atoms with Crippen molar-refractivity contribution in [3.8, 4) is 11.5 Å². The summed E-state index contributed by atoms with van der Waals surface area (Å²) >= 11 is 1.06. The van der Waals surface area contributed by atoms with Crippen LogP contribution in [-0.2, 0) is 16.1 Å². The molecule has 0 fully saturated rings. The van der Waals surface area contributed by atoms with Crippen molar-refractivity contribution >= 4 is 28.3 Å². The van der Waals surface area contributed by atoms with Crippen LogP contribution in [0.5, 0.6) is 11.5 Å². The Bertz CT molecular complexity index is 970. The highest BCUT2D eigenvalue weighted by atomic mass is 32.1. The highest BCUT2D eigenvalue weighted by Gasteiger charge is 2.17. The van der Waals surface area contributed by atoms with E-state index in [4.69, 9.17) is 9.47 Å². The average Bonchev–Trinajstić information content (AvgIpc) is 3.11. The maximum atomic E-state index is 12.1. The zero-order valence-corrected chi connectivity index (χ0v) is 16.8. The van der Waals surface area contributed by atoms with Gasteiger partial charge in [0.2, 0.25) is 0 Å². The number of amides is 1. The molecule has 0 radical (unpaired) electrons. The van der Waals surface area contributed by atoms with Gasteiger partial charge >= 0.3 is 5.97 Å². The Morgan fingerprint density at radius 1 is 1.00 bits per heavy atom. The summed E-state index contributed by atoms with van der Waals surface area (Å²) in [7, 11) is 1.30. The van der Waals surface area contributed by atoms with Crippen LogP contribution in [0.1, 0.15) is 20.9 Å². The van der Waals surface area contributed by atoms with Crippen molar-refractivity contribution in [1.82, 2.24) is 4.98 Å². The molecule has 7 nitrogen and oxygen atoms in total. The van der Waals surface area contributed by atoms with Gasteiger partial charge < -0.3 is 14.2 Å². The Morgan fingerprint density at radius 3 is 2.31 bits per heavy atom. The molecule has 0 aliphatic rings. The van der Waals surface area contributed by atoms with E-state index in [9.17, 15) is 9.59 Å². The third-order valence-electron chi connectivity index (χ3n) is 3.86. The van der Waals surface area contributed by atoms with Crippen LogP contribution in [0.3, 0.4) is 0 Å². The molecule has 1 N–H and O–H groups in total. The van der Waals surface area contributed by atoms with Crippen LogP contribution < -0.4 is 14.8 Å². The Kier molecular flexibility index (Phi) is 6.80. The number of aromatic nitrogens is 1. The van der Waals surface area contributed by atoms with Gasteiger partial charge in [0.1, 0.15) is 23.0 Å². The number of benzene rings is 2. The zero-order valence-electron chi connectivity index (χ0n) is 16.0. The highest BCUT2D eigenvalue weighted by molar-refractivity contribution is 7.17. The van der Waals surface area contributed by atoms with E-state index in [0.29, 0.717) is 33.8 Å². The minimum Gasteiger partial charge on any atom is -0.489 e. The van der Waals surface area contributed by atoms with Crippen LogP contribution in [0, 0.1) is 6.92 Å². The number of hydrogen-bond donors (Lipinski definition) is 1. The summed E-state index contributed by atoms with van der Waals surface area (Å²) in [6.07, 6.45) is 0. The Balaban J connectivity index is 1.47. The molecule has 0 bridgehead atoms. The van der Waals surface area contributed by atoms with E-state index in [0.717, 1.165) is 16.9 Å². The lowest BCUT2D eigenvalue weighted by Gasteiger charge is -2.08. The van der Waals surface area contributed by atoms with Gasteiger partial charge in [-0.3, -0.25) is 10.1 Å². The third-order valence-corrected chi connectivity index (χ3v) is 4.91. The van der Waals surface area contributed by atoms with Gasteiger partial charge in [0, 0.05) is 0 Å². The SMILES string of the molecule is COC(=O)c1sc(NC(=O)COc2ccc(OCc3ccccc3)cc2)nc1C. The molecule has 150 valence electrons. The molecular weight excluding hydrogens is 392 g/mol. The summed E-state index contributed by atoms with van der Waals surface area (Å²) in [6, 6.07) is 16.9. The molecule has 0 atom stereocenters. The van der Waals surface area contributed by atoms with Crippen molar-refractivity contribution < 1.29 is 23.8 Å². The molecule has 8 heteroatoms. The number of nitrogens with zero attached hydrogens (tertiary/aromatic N) is 1. The summed E-state index contributed by atoms with van der Waals surface area (Å²) in [5.74, 6) is 0.392. The quantitative estimate of drug-likeness (QED) is 0.566. The minimum absolute atomic E-state index is 0.184. The number of aryl methyl sites for hydroxylation is 1. The summed E-state index contributed by atoms with van der Waals surface area (Å²) < 4.78 is 15.9. The van der Waals surface area contributed by atoms with Gasteiger partial charge in [-0.1, -0.05) is 41.7 Å². The highest BCUT2D eigenvalue weighted by Crippen LogP contribution is 2.23.